The second-order valence-corrected chi connectivity index (χ2v) is 3.74. The number of rotatable bonds is 1. The van der Waals surface area contributed by atoms with Gasteiger partial charge in [0.15, 0.2) is 5.75 Å². The third-order valence-corrected chi connectivity index (χ3v) is 2.44. The molecule has 0 bridgehead atoms. The second kappa shape index (κ2) is 2.68. The fourth-order valence-electron chi connectivity index (χ4n) is 1.11. The minimum atomic E-state index is -4.02. The minimum absolute atomic E-state index is 0.00694. The van der Waals surface area contributed by atoms with Gasteiger partial charge in [0.25, 0.3) is 0 Å². The molecule has 0 fully saturated rings. The quantitative estimate of drug-likeness (QED) is 0.680. The number of hydrogen-bond acceptors (Lipinski definition) is 6. The number of fused-ring (bicyclic) bond motifs is 1. The predicted molar refractivity (Wildman–Crippen MR) is 47.6 cm³/mol. The van der Waals surface area contributed by atoms with Crippen molar-refractivity contribution in [2.24, 2.45) is 0 Å². The van der Waals surface area contributed by atoms with Crippen molar-refractivity contribution in [2.45, 2.75) is 0 Å². The van der Waals surface area contributed by atoms with Crippen molar-refractivity contribution in [3.63, 3.8) is 0 Å². The van der Waals surface area contributed by atoms with Crippen LogP contribution in [-0.4, -0.2) is 15.5 Å². The van der Waals surface area contributed by atoms with E-state index in [4.69, 9.17) is 10.5 Å². The average Bonchev–Trinajstić information content (AvgIpc) is 2.42. The van der Waals surface area contributed by atoms with Gasteiger partial charge in [0.2, 0.25) is 11.5 Å². The summed E-state index contributed by atoms with van der Waals surface area (Å²) in [5.41, 5.74) is 5.67. The number of hydrogen-bond donors (Lipinski definition) is 1. The molecule has 0 spiro atoms. The summed E-state index contributed by atoms with van der Waals surface area (Å²) in [6, 6.07) is 2.97. The van der Waals surface area contributed by atoms with Gasteiger partial charge in [0.1, 0.15) is 0 Å². The van der Waals surface area contributed by atoms with Gasteiger partial charge in [-0.1, -0.05) is 0 Å². The molecule has 1 aliphatic rings. The standard InChI is InChI=1S/C7H7NO5S/c1-11-5-3-2-4(8)6-7(5)13-14(9,10)12-6/h2-3H,8H2,1H3. The normalized spacial score (nSPS) is 16.6. The molecule has 2 N–H and O–H groups in total. The summed E-state index contributed by atoms with van der Waals surface area (Å²) in [5.74, 6) is 0.229. The smallest absolute Gasteiger partial charge is 0.493 e. The van der Waals surface area contributed by atoms with Crippen LogP contribution in [0.1, 0.15) is 0 Å². The molecule has 0 saturated heterocycles. The lowest BCUT2D eigenvalue weighted by Crippen LogP contribution is -2.08. The van der Waals surface area contributed by atoms with Gasteiger partial charge in [0, 0.05) is 0 Å². The van der Waals surface area contributed by atoms with E-state index in [1.807, 2.05) is 0 Å². The fraction of sp³-hybridized carbons (Fsp3) is 0.143. The summed E-state index contributed by atoms with van der Waals surface area (Å²) in [6.45, 7) is 0. The number of methoxy groups -OCH3 is 1. The van der Waals surface area contributed by atoms with Crippen LogP contribution in [0.25, 0.3) is 0 Å². The average molecular weight is 217 g/mol. The molecule has 1 heterocycles. The second-order valence-electron chi connectivity index (χ2n) is 2.59. The minimum Gasteiger partial charge on any atom is -0.493 e. The number of nitrogen functional groups attached to an aromatic ring is 1. The van der Waals surface area contributed by atoms with Crippen molar-refractivity contribution in [1.82, 2.24) is 0 Å². The summed E-state index contributed by atoms with van der Waals surface area (Å²) in [7, 11) is -2.63. The van der Waals surface area contributed by atoms with E-state index < -0.39 is 10.4 Å². The van der Waals surface area contributed by atoms with Gasteiger partial charge < -0.3 is 18.8 Å². The number of benzene rings is 1. The van der Waals surface area contributed by atoms with Gasteiger partial charge in [-0.05, 0) is 12.1 Å². The maximum Gasteiger partial charge on any atom is 0.501 e. The van der Waals surface area contributed by atoms with Gasteiger partial charge in [-0.2, -0.15) is 0 Å². The first kappa shape index (κ1) is 8.95. The Labute approximate surface area is 80.5 Å². The van der Waals surface area contributed by atoms with Crippen molar-refractivity contribution >= 4 is 16.1 Å². The van der Waals surface area contributed by atoms with E-state index in [0.29, 0.717) is 0 Å². The maximum atomic E-state index is 11.0. The highest BCUT2D eigenvalue weighted by molar-refractivity contribution is 7.82. The molecule has 7 heteroatoms. The number of anilines is 1. The van der Waals surface area contributed by atoms with Crippen molar-refractivity contribution in [1.29, 1.82) is 0 Å². The van der Waals surface area contributed by atoms with E-state index in [9.17, 15) is 8.42 Å². The molecule has 0 amide bonds. The van der Waals surface area contributed by atoms with Crippen LogP contribution in [0.5, 0.6) is 17.2 Å². The monoisotopic (exact) mass is 217 g/mol. The molecule has 0 aliphatic carbocycles. The van der Waals surface area contributed by atoms with Crippen LogP contribution in [0.2, 0.25) is 0 Å². The van der Waals surface area contributed by atoms with Crippen LogP contribution in [0.4, 0.5) is 5.69 Å². The predicted octanol–water partition coefficient (Wildman–Crippen LogP) is 0.293. The summed E-state index contributed by atoms with van der Waals surface area (Å²) in [4.78, 5) is 0. The highest BCUT2D eigenvalue weighted by atomic mass is 32.3. The lowest BCUT2D eigenvalue weighted by molar-refractivity contribution is 0.391. The van der Waals surface area contributed by atoms with Gasteiger partial charge in [-0.25, -0.2) is 0 Å². The van der Waals surface area contributed by atoms with Crippen LogP contribution in [0.3, 0.4) is 0 Å². The molecular weight excluding hydrogens is 210 g/mol. The van der Waals surface area contributed by atoms with E-state index in [1.165, 1.54) is 19.2 Å². The van der Waals surface area contributed by atoms with Gasteiger partial charge in [0.05, 0.1) is 12.8 Å². The van der Waals surface area contributed by atoms with Crippen molar-refractivity contribution in [3.8, 4) is 17.2 Å². The Morgan fingerprint density at radius 1 is 1.29 bits per heavy atom. The van der Waals surface area contributed by atoms with E-state index in [1.54, 1.807) is 0 Å². The molecule has 0 radical (unpaired) electrons. The van der Waals surface area contributed by atoms with Gasteiger partial charge >= 0.3 is 10.4 Å². The van der Waals surface area contributed by atoms with Crippen LogP contribution in [-0.2, 0) is 10.4 Å². The maximum absolute atomic E-state index is 11.0. The summed E-state index contributed by atoms with van der Waals surface area (Å²) >= 11 is 0. The molecule has 0 aromatic heterocycles. The molecule has 0 unspecified atom stereocenters. The lowest BCUT2D eigenvalue weighted by atomic mass is 10.2. The molecule has 2 rings (SSSR count). The van der Waals surface area contributed by atoms with E-state index in [2.05, 4.69) is 8.37 Å². The summed E-state index contributed by atoms with van der Waals surface area (Å²) < 4.78 is 35.8. The number of ether oxygens (including phenoxy) is 1. The molecule has 0 saturated carbocycles. The Morgan fingerprint density at radius 2 is 1.93 bits per heavy atom. The lowest BCUT2D eigenvalue weighted by Gasteiger charge is -2.03. The zero-order valence-electron chi connectivity index (χ0n) is 7.18. The summed E-state index contributed by atoms with van der Waals surface area (Å²) in [5, 5.41) is 0. The van der Waals surface area contributed by atoms with Crippen molar-refractivity contribution < 1.29 is 21.5 Å². The third kappa shape index (κ3) is 1.22. The molecule has 0 atom stereocenters. The van der Waals surface area contributed by atoms with Crippen LogP contribution in [0.15, 0.2) is 12.1 Å². The molecular formula is C7H7NO5S. The Morgan fingerprint density at radius 3 is 2.57 bits per heavy atom. The van der Waals surface area contributed by atoms with Gasteiger partial charge in [-0.3, -0.25) is 0 Å². The van der Waals surface area contributed by atoms with E-state index in [0.717, 1.165) is 0 Å². The third-order valence-electron chi connectivity index (χ3n) is 1.70. The Hall–Kier alpha value is -1.63. The number of nitrogens with two attached hydrogens (primary N) is 1. The zero-order chi connectivity index (χ0) is 10.3. The fourth-order valence-corrected chi connectivity index (χ4v) is 1.88. The molecule has 1 aliphatic heterocycles. The van der Waals surface area contributed by atoms with Crippen molar-refractivity contribution in [2.75, 3.05) is 12.8 Å². The van der Waals surface area contributed by atoms with Crippen molar-refractivity contribution in [3.05, 3.63) is 12.1 Å². The largest absolute Gasteiger partial charge is 0.501 e. The van der Waals surface area contributed by atoms with E-state index >= 15 is 0 Å². The molecule has 76 valence electrons. The molecule has 6 nitrogen and oxygen atoms in total. The Bertz CT molecular complexity index is 481. The molecule has 1 aromatic rings. The highest BCUT2D eigenvalue weighted by Crippen LogP contribution is 2.46. The molecule has 14 heavy (non-hydrogen) atoms. The van der Waals surface area contributed by atoms with E-state index in [-0.39, 0.29) is 22.9 Å². The topological polar surface area (TPSA) is 87.9 Å². The van der Waals surface area contributed by atoms with Gasteiger partial charge in [-0.15, -0.1) is 8.42 Å². The Kier molecular flexibility index (Phi) is 1.71. The molecule has 1 aromatic carbocycles. The first-order valence-corrected chi connectivity index (χ1v) is 4.97. The SMILES string of the molecule is COc1ccc(N)c2c1OS(=O)(=O)O2. The van der Waals surface area contributed by atoms with Crippen LogP contribution < -0.4 is 18.8 Å². The Balaban J connectivity index is 2.64. The van der Waals surface area contributed by atoms with Crippen LogP contribution >= 0.6 is 0 Å². The van der Waals surface area contributed by atoms with Crippen LogP contribution in [0, 0.1) is 0 Å². The summed E-state index contributed by atoms with van der Waals surface area (Å²) in [6.07, 6.45) is 0. The first-order chi connectivity index (χ1) is 6.53. The first-order valence-electron chi connectivity index (χ1n) is 3.64. The highest BCUT2D eigenvalue weighted by Gasteiger charge is 2.33. The zero-order valence-corrected chi connectivity index (χ0v) is 8.00.